The Bertz CT molecular complexity index is 858. The summed E-state index contributed by atoms with van der Waals surface area (Å²) in [5, 5.41) is 11.5. The zero-order valence-corrected chi connectivity index (χ0v) is 12.8. The molecule has 0 amide bonds. The number of hydrogen-bond donors (Lipinski definition) is 0. The molecular formula is C14H11F3N6O2. The van der Waals surface area contributed by atoms with Gasteiger partial charge in [0.15, 0.2) is 5.69 Å². The van der Waals surface area contributed by atoms with Crippen LogP contribution >= 0.6 is 0 Å². The average molecular weight is 352 g/mol. The molecule has 0 bridgehead atoms. The van der Waals surface area contributed by atoms with Gasteiger partial charge in [0.25, 0.3) is 0 Å². The molecule has 0 saturated carbocycles. The second kappa shape index (κ2) is 6.34. The Labute approximate surface area is 138 Å². The van der Waals surface area contributed by atoms with Crippen molar-refractivity contribution in [2.45, 2.75) is 19.3 Å². The van der Waals surface area contributed by atoms with E-state index in [4.69, 9.17) is 0 Å². The summed E-state index contributed by atoms with van der Waals surface area (Å²) in [5.74, 6) is -0.679. The van der Waals surface area contributed by atoms with E-state index < -0.39 is 12.4 Å². The van der Waals surface area contributed by atoms with E-state index in [9.17, 15) is 18.0 Å². The number of hydrogen-bond acceptors (Lipinski definition) is 6. The van der Waals surface area contributed by atoms with Gasteiger partial charge >= 0.3 is 6.36 Å². The number of nitrogens with zero attached hydrogens (tertiary/aromatic N) is 6. The molecule has 0 N–H and O–H groups in total. The highest BCUT2D eigenvalue weighted by Gasteiger charge is 2.31. The summed E-state index contributed by atoms with van der Waals surface area (Å²) in [7, 11) is 0. The largest absolute Gasteiger partial charge is 0.573 e. The Kier molecular flexibility index (Phi) is 4.21. The molecule has 3 aromatic rings. The van der Waals surface area contributed by atoms with Gasteiger partial charge in [0.05, 0.1) is 11.9 Å². The molecule has 0 aliphatic carbocycles. The van der Waals surface area contributed by atoms with Gasteiger partial charge in [0.1, 0.15) is 24.4 Å². The van der Waals surface area contributed by atoms with Gasteiger partial charge in [-0.15, -0.1) is 18.3 Å². The van der Waals surface area contributed by atoms with Crippen LogP contribution in [0.1, 0.15) is 23.5 Å². The van der Waals surface area contributed by atoms with Crippen LogP contribution in [0.25, 0.3) is 5.69 Å². The second-order valence-corrected chi connectivity index (χ2v) is 5.01. The fourth-order valence-corrected chi connectivity index (χ4v) is 2.05. The van der Waals surface area contributed by atoms with Gasteiger partial charge in [-0.2, -0.15) is 5.10 Å². The molecule has 0 aliphatic heterocycles. The van der Waals surface area contributed by atoms with Crippen LogP contribution in [0.5, 0.6) is 5.75 Å². The Morgan fingerprint density at radius 3 is 2.56 bits per heavy atom. The first-order valence-electron chi connectivity index (χ1n) is 7.00. The molecule has 1 atom stereocenters. The molecular weight excluding hydrogens is 341 g/mol. The van der Waals surface area contributed by atoms with Gasteiger partial charge in [0, 0.05) is 0 Å². The number of alkyl halides is 3. The van der Waals surface area contributed by atoms with Crippen molar-refractivity contribution in [3.8, 4) is 11.4 Å². The van der Waals surface area contributed by atoms with Crippen LogP contribution in [0.2, 0.25) is 0 Å². The first-order chi connectivity index (χ1) is 11.8. The molecule has 0 radical (unpaired) electrons. The third kappa shape index (κ3) is 3.82. The van der Waals surface area contributed by atoms with Crippen molar-refractivity contribution >= 4 is 5.78 Å². The first-order valence-corrected chi connectivity index (χ1v) is 7.00. The zero-order valence-electron chi connectivity index (χ0n) is 12.8. The predicted octanol–water partition coefficient (Wildman–Crippen LogP) is 2.20. The van der Waals surface area contributed by atoms with Gasteiger partial charge in [0.2, 0.25) is 5.78 Å². The van der Waals surface area contributed by atoms with Crippen molar-refractivity contribution in [3.63, 3.8) is 0 Å². The Hall–Kier alpha value is -3.24. The van der Waals surface area contributed by atoms with Crippen molar-refractivity contribution in [1.82, 2.24) is 29.8 Å². The fourth-order valence-electron chi connectivity index (χ4n) is 2.05. The number of carbonyl (C=O) groups is 1. The predicted molar refractivity (Wildman–Crippen MR) is 77.1 cm³/mol. The maximum atomic E-state index is 12.3. The molecule has 2 aromatic heterocycles. The molecule has 1 unspecified atom stereocenters. The zero-order chi connectivity index (χ0) is 18.0. The van der Waals surface area contributed by atoms with Crippen LogP contribution in [0.4, 0.5) is 13.2 Å². The van der Waals surface area contributed by atoms with Gasteiger partial charge < -0.3 is 4.74 Å². The molecule has 2 heterocycles. The third-order valence-electron chi connectivity index (χ3n) is 3.29. The topological polar surface area (TPSA) is 87.7 Å². The quantitative estimate of drug-likeness (QED) is 0.654. The van der Waals surface area contributed by atoms with Crippen LogP contribution < -0.4 is 4.74 Å². The van der Waals surface area contributed by atoms with Crippen molar-refractivity contribution in [2.75, 3.05) is 0 Å². The monoisotopic (exact) mass is 352 g/mol. The molecule has 130 valence electrons. The lowest BCUT2D eigenvalue weighted by Gasteiger charge is -2.09. The molecule has 0 fully saturated rings. The Balaban J connectivity index is 1.76. The van der Waals surface area contributed by atoms with Crippen LogP contribution in [-0.4, -0.2) is 41.9 Å². The van der Waals surface area contributed by atoms with Crippen molar-refractivity contribution in [3.05, 3.63) is 48.8 Å². The molecule has 3 rings (SSSR count). The minimum Gasteiger partial charge on any atom is -0.406 e. The van der Waals surface area contributed by atoms with Crippen molar-refractivity contribution < 1.29 is 22.7 Å². The number of aromatic nitrogens is 6. The van der Waals surface area contributed by atoms with E-state index in [2.05, 4.69) is 25.1 Å². The van der Waals surface area contributed by atoms with Crippen LogP contribution in [0.3, 0.4) is 0 Å². The lowest BCUT2D eigenvalue weighted by Crippen LogP contribution is -2.17. The summed E-state index contributed by atoms with van der Waals surface area (Å²) in [4.78, 5) is 16.1. The molecule has 0 spiro atoms. The number of rotatable bonds is 5. The number of ether oxygens (including phenoxy) is 1. The number of ketones is 1. The fraction of sp³-hybridized carbons (Fsp3) is 0.214. The van der Waals surface area contributed by atoms with E-state index in [-0.39, 0.29) is 17.2 Å². The summed E-state index contributed by atoms with van der Waals surface area (Å²) < 4.78 is 42.9. The van der Waals surface area contributed by atoms with Gasteiger partial charge in [-0.05, 0) is 31.2 Å². The number of carbonyl (C=O) groups excluding carboxylic acids is 1. The minimum absolute atomic E-state index is 0.0959. The average Bonchev–Trinajstić information content (AvgIpc) is 3.24. The molecule has 1 aromatic carbocycles. The number of benzene rings is 1. The summed E-state index contributed by atoms with van der Waals surface area (Å²) >= 11 is 0. The van der Waals surface area contributed by atoms with E-state index >= 15 is 0 Å². The van der Waals surface area contributed by atoms with E-state index in [1.165, 1.54) is 40.3 Å². The maximum absolute atomic E-state index is 12.3. The van der Waals surface area contributed by atoms with Crippen molar-refractivity contribution in [2.24, 2.45) is 0 Å². The van der Waals surface area contributed by atoms with Crippen molar-refractivity contribution in [1.29, 1.82) is 0 Å². The summed E-state index contributed by atoms with van der Waals surface area (Å²) in [6.45, 7) is 1.64. The minimum atomic E-state index is -4.76. The van der Waals surface area contributed by atoms with E-state index in [1.807, 2.05) is 0 Å². The molecule has 0 saturated heterocycles. The molecule has 8 nitrogen and oxygen atoms in total. The molecule has 25 heavy (non-hydrogen) atoms. The van der Waals surface area contributed by atoms with Gasteiger partial charge in [-0.1, -0.05) is 5.21 Å². The Morgan fingerprint density at radius 2 is 1.96 bits per heavy atom. The summed E-state index contributed by atoms with van der Waals surface area (Å²) in [6.07, 6.45) is -0.654. The van der Waals surface area contributed by atoms with E-state index in [0.29, 0.717) is 5.69 Å². The van der Waals surface area contributed by atoms with E-state index in [1.54, 1.807) is 6.92 Å². The highest BCUT2D eigenvalue weighted by Crippen LogP contribution is 2.23. The van der Waals surface area contributed by atoms with Crippen LogP contribution in [0.15, 0.2) is 43.1 Å². The first kappa shape index (κ1) is 16.6. The SMILES string of the molecule is CC(C(=O)c1cn(-c2ccc(OC(F)(F)F)cc2)nn1)n1cncn1. The number of Topliss-reactive ketones (excluding diaryl/α,β-unsaturated/α-hetero) is 1. The van der Waals surface area contributed by atoms with Crippen LogP contribution in [0, 0.1) is 0 Å². The second-order valence-electron chi connectivity index (χ2n) is 5.01. The highest BCUT2D eigenvalue weighted by molar-refractivity contribution is 5.96. The van der Waals surface area contributed by atoms with Gasteiger partial charge in [-0.3, -0.25) is 4.79 Å². The maximum Gasteiger partial charge on any atom is 0.573 e. The van der Waals surface area contributed by atoms with Crippen LogP contribution in [-0.2, 0) is 0 Å². The van der Waals surface area contributed by atoms with E-state index in [0.717, 1.165) is 12.1 Å². The standard InChI is InChI=1S/C14H11F3N6O2/c1-9(23-8-18-7-19-23)13(24)12-6-22(21-20-12)10-2-4-11(5-3-10)25-14(15,16)17/h2-9H,1H3. The lowest BCUT2D eigenvalue weighted by atomic mass is 10.2. The molecule has 11 heteroatoms. The normalized spacial score (nSPS) is 12.8. The highest BCUT2D eigenvalue weighted by atomic mass is 19.4. The van der Waals surface area contributed by atoms with Gasteiger partial charge in [-0.25, -0.2) is 14.3 Å². The number of halogens is 3. The third-order valence-corrected chi connectivity index (χ3v) is 3.29. The smallest absolute Gasteiger partial charge is 0.406 e. The summed E-state index contributed by atoms with van der Waals surface area (Å²) in [5.41, 5.74) is 0.521. The summed E-state index contributed by atoms with van der Waals surface area (Å²) in [6, 6.07) is 4.40. The lowest BCUT2D eigenvalue weighted by molar-refractivity contribution is -0.274. The Morgan fingerprint density at radius 1 is 1.24 bits per heavy atom. The molecule has 0 aliphatic rings.